The molecule has 0 aliphatic heterocycles. The minimum atomic E-state index is -0.979. The molecule has 0 bridgehead atoms. The van der Waals surface area contributed by atoms with Crippen molar-refractivity contribution < 1.29 is 28.2 Å². The van der Waals surface area contributed by atoms with Gasteiger partial charge in [0.1, 0.15) is 12.4 Å². The lowest BCUT2D eigenvalue weighted by Gasteiger charge is -2.15. The van der Waals surface area contributed by atoms with Gasteiger partial charge >= 0.3 is 5.97 Å². The van der Waals surface area contributed by atoms with Gasteiger partial charge in [0.25, 0.3) is 0 Å². The lowest BCUT2D eigenvalue weighted by atomic mass is 10.2. The zero-order valence-corrected chi connectivity index (χ0v) is 11.3. The highest BCUT2D eigenvalue weighted by molar-refractivity contribution is 5.89. The number of carbonyl (C=O) groups excluding carboxylic acids is 1. The molecule has 1 aromatic rings. The Bertz CT molecular complexity index is 564. The summed E-state index contributed by atoms with van der Waals surface area (Å²) < 4.78 is 31.2. The van der Waals surface area contributed by atoms with E-state index in [0.29, 0.717) is 12.5 Å². The molecule has 1 aliphatic carbocycles. The third kappa shape index (κ3) is 3.90. The average Bonchev–Trinajstić information content (AvgIpc) is 3.18. The molecule has 2 N–H and O–H groups in total. The predicted octanol–water partition coefficient (Wildman–Crippen LogP) is 1.57. The number of nitrogens with one attached hydrogen (secondary N) is 1. The van der Waals surface area contributed by atoms with Gasteiger partial charge in [-0.3, -0.25) is 9.59 Å². The number of benzene rings is 1. The summed E-state index contributed by atoms with van der Waals surface area (Å²) in [6, 6.07) is 2.53. The molecule has 3 atom stereocenters. The molecule has 0 aromatic heterocycles. The highest BCUT2D eigenvalue weighted by Crippen LogP contribution is 2.38. The van der Waals surface area contributed by atoms with Gasteiger partial charge in [-0.2, -0.15) is 0 Å². The van der Waals surface area contributed by atoms with E-state index in [0.717, 1.165) is 6.07 Å². The first-order chi connectivity index (χ1) is 9.88. The Kier molecular flexibility index (Phi) is 4.40. The quantitative estimate of drug-likeness (QED) is 0.836. The first kappa shape index (κ1) is 15.2. The van der Waals surface area contributed by atoms with E-state index in [9.17, 15) is 18.4 Å². The molecule has 1 aliphatic rings. The summed E-state index contributed by atoms with van der Waals surface area (Å²) in [5.41, 5.74) is 0. The second-order valence-corrected chi connectivity index (χ2v) is 5.08. The monoisotopic (exact) mass is 299 g/mol. The summed E-state index contributed by atoms with van der Waals surface area (Å²) in [5.74, 6) is -4.07. The predicted molar refractivity (Wildman–Crippen MR) is 68.7 cm³/mol. The molecule has 1 saturated carbocycles. The summed E-state index contributed by atoms with van der Waals surface area (Å²) in [6.07, 6.45) is 0.335. The molecule has 7 heteroatoms. The summed E-state index contributed by atoms with van der Waals surface area (Å²) in [6.45, 7) is 1.65. The van der Waals surface area contributed by atoms with Gasteiger partial charge in [-0.25, -0.2) is 8.78 Å². The number of carboxylic acid groups (broad SMARTS) is 1. The van der Waals surface area contributed by atoms with Crippen LogP contribution in [0, 0.1) is 23.5 Å². The summed E-state index contributed by atoms with van der Waals surface area (Å²) in [5, 5.41) is 11.3. The van der Waals surface area contributed by atoms with Gasteiger partial charge in [0, 0.05) is 6.07 Å². The van der Waals surface area contributed by atoms with Crippen LogP contribution in [0.5, 0.6) is 5.75 Å². The Hall–Kier alpha value is -2.18. The van der Waals surface area contributed by atoms with Crippen LogP contribution in [0.25, 0.3) is 0 Å². The number of ether oxygens (including phenoxy) is 1. The molecule has 0 saturated heterocycles. The molecule has 5 nitrogen and oxygen atoms in total. The van der Waals surface area contributed by atoms with Crippen LogP contribution in [0.2, 0.25) is 0 Å². The number of hydrogen-bond acceptors (Lipinski definition) is 3. The third-order valence-corrected chi connectivity index (χ3v) is 3.22. The van der Waals surface area contributed by atoms with Gasteiger partial charge in [-0.05, 0) is 25.5 Å². The van der Waals surface area contributed by atoms with Crippen molar-refractivity contribution in [3.8, 4) is 5.75 Å². The maximum absolute atomic E-state index is 13.3. The molecule has 1 aromatic carbocycles. The summed E-state index contributed by atoms with van der Waals surface area (Å²) >= 11 is 0. The van der Waals surface area contributed by atoms with Gasteiger partial charge in [0.05, 0.1) is 17.9 Å². The normalized spacial score (nSPS) is 21.5. The van der Waals surface area contributed by atoms with Crippen LogP contribution in [0.4, 0.5) is 8.78 Å². The van der Waals surface area contributed by atoms with E-state index in [1.54, 1.807) is 6.92 Å². The Labute approximate surface area is 119 Å². The second-order valence-electron chi connectivity index (χ2n) is 5.08. The number of hydrogen-bond donors (Lipinski definition) is 2. The van der Waals surface area contributed by atoms with Gasteiger partial charge in [0.15, 0.2) is 11.6 Å². The number of halogens is 2. The zero-order valence-electron chi connectivity index (χ0n) is 11.3. The van der Waals surface area contributed by atoms with Crippen molar-refractivity contribution in [2.45, 2.75) is 19.4 Å². The van der Waals surface area contributed by atoms with Crippen LogP contribution in [-0.4, -0.2) is 29.6 Å². The fourth-order valence-electron chi connectivity index (χ4n) is 1.96. The SMILES string of the molecule is CC(COc1ccc(F)cc1F)NC(=O)C1CC1C(=O)O. The van der Waals surface area contributed by atoms with Gasteiger partial charge < -0.3 is 15.2 Å². The van der Waals surface area contributed by atoms with Crippen LogP contribution < -0.4 is 10.1 Å². The van der Waals surface area contributed by atoms with Crippen LogP contribution in [0.15, 0.2) is 18.2 Å². The van der Waals surface area contributed by atoms with Gasteiger partial charge in [0.2, 0.25) is 5.91 Å². The first-order valence-corrected chi connectivity index (χ1v) is 6.49. The molecule has 114 valence electrons. The number of rotatable bonds is 6. The lowest BCUT2D eigenvalue weighted by Crippen LogP contribution is -2.38. The van der Waals surface area contributed by atoms with Crippen molar-refractivity contribution >= 4 is 11.9 Å². The van der Waals surface area contributed by atoms with E-state index in [1.807, 2.05) is 0 Å². The maximum atomic E-state index is 13.3. The van der Waals surface area contributed by atoms with Crippen molar-refractivity contribution in [2.75, 3.05) is 6.61 Å². The minimum Gasteiger partial charge on any atom is -0.488 e. The third-order valence-electron chi connectivity index (χ3n) is 3.22. The lowest BCUT2D eigenvalue weighted by molar-refractivity contribution is -0.140. The van der Waals surface area contributed by atoms with E-state index in [1.165, 1.54) is 6.07 Å². The van der Waals surface area contributed by atoms with Crippen molar-refractivity contribution in [3.05, 3.63) is 29.8 Å². The van der Waals surface area contributed by atoms with Crippen molar-refractivity contribution in [1.29, 1.82) is 0 Å². The largest absolute Gasteiger partial charge is 0.488 e. The van der Waals surface area contributed by atoms with Crippen molar-refractivity contribution in [3.63, 3.8) is 0 Å². The number of amides is 1. The number of aliphatic carboxylic acids is 1. The highest BCUT2D eigenvalue weighted by atomic mass is 19.1. The van der Waals surface area contributed by atoms with E-state index in [-0.39, 0.29) is 18.3 Å². The molecule has 2 rings (SSSR count). The number of carbonyl (C=O) groups is 2. The summed E-state index contributed by atoms with van der Waals surface area (Å²) in [4.78, 5) is 22.4. The molecule has 1 amide bonds. The fourth-order valence-corrected chi connectivity index (χ4v) is 1.96. The van der Waals surface area contributed by atoms with Gasteiger partial charge in [-0.1, -0.05) is 0 Å². The smallest absolute Gasteiger partial charge is 0.307 e. The molecule has 0 heterocycles. The fraction of sp³-hybridized carbons (Fsp3) is 0.429. The average molecular weight is 299 g/mol. The highest BCUT2D eigenvalue weighted by Gasteiger charge is 2.48. The van der Waals surface area contributed by atoms with Crippen LogP contribution >= 0.6 is 0 Å². The van der Waals surface area contributed by atoms with E-state index in [2.05, 4.69) is 5.32 Å². The van der Waals surface area contributed by atoms with Crippen molar-refractivity contribution in [1.82, 2.24) is 5.32 Å². The number of carboxylic acids is 1. The molecular formula is C14H15F2NO4. The Morgan fingerprint density at radius 2 is 2.14 bits per heavy atom. The van der Waals surface area contributed by atoms with Crippen LogP contribution in [-0.2, 0) is 9.59 Å². The van der Waals surface area contributed by atoms with E-state index in [4.69, 9.17) is 9.84 Å². The van der Waals surface area contributed by atoms with Crippen molar-refractivity contribution in [2.24, 2.45) is 11.8 Å². The van der Waals surface area contributed by atoms with Gasteiger partial charge in [-0.15, -0.1) is 0 Å². The maximum Gasteiger partial charge on any atom is 0.307 e. The Morgan fingerprint density at radius 3 is 2.71 bits per heavy atom. The molecule has 3 unspecified atom stereocenters. The van der Waals surface area contributed by atoms with E-state index < -0.39 is 35.5 Å². The first-order valence-electron chi connectivity index (χ1n) is 6.49. The Balaban J connectivity index is 1.78. The molecule has 1 fully saturated rings. The second kappa shape index (κ2) is 6.07. The van der Waals surface area contributed by atoms with E-state index >= 15 is 0 Å². The topological polar surface area (TPSA) is 75.6 Å². The zero-order chi connectivity index (χ0) is 15.6. The minimum absolute atomic E-state index is 0.00124. The molecule has 21 heavy (non-hydrogen) atoms. The molecular weight excluding hydrogens is 284 g/mol. The standard InChI is InChI=1S/C14H15F2NO4/c1-7(17-13(18)9-5-10(9)14(19)20)6-21-12-3-2-8(15)4-11(12)16/h2-4,7,9-10H,5-6H2,1H3,(H,17,18)(H,19,20). The van der Waals surface area contributed by atoms with Crippen LogP contribution in [0.1, 0.15) is 13.3 Å². The van der Waals surface area contributed by atoms with Crippen LogP contribution in [0.3, 0.4) is 0 Å². The summed E-state index contributed by atoms with van der Waals surface area (Å²) in [7, 11) is 0. The Morgan fingerprint density at radius 1 is 1.43 bits per heavy atom. The molecule has 0 spiro atoms. The molecule has 0 radical (unpaired) electrons.